The van der Waals surface area contributed by atoms with E-state index in [4.69, 9.17) is 9.47 Å². The summed E-state index contributed by atoms with van der Waals surface area (Å²) >= 11 is 0. The second-order valence-corrected chi connectivity index (χ2v) is 5.49. The van der Waals surface area contributed by atoms with Crippen LogP contribution in [0.15, 0.2) is 24.3 Å². The third-order valence-corrected chi connectivity index (χ3v) is 4.04. The van der Waals surface area contributed by atoms with Gasteiger partial charge in [-0.05, 0) is 43.3 Å². The Labute approximate surface area is 126 Å². The first-order chi connectivity index (χ1) is 10.1. The predicted molar refractivity (Wildman–Crippen MR) is 81.6 cm³/mol. The van der Waals surface area contributed by atoms with Crippen LogP contribution in [0.3, 0.4) is 0 Å². The molecule has 21 heavy (non-hydrogen) atoms. The van der Waals surface area contributed by atoms with Crippen molar-refractivity contribution in [3.05, 3.63) is 24.3 Å². The summed E-state index contributed by atoms with van der Waals surface area (Å²) in [4.78, 5) is 14.0. The highest BCUT2D eigenvalue weighted by molar-refractivity contribution is 5.78. The Hall–Kier alpha value is -1.75. The molecule has 1 heterocycles. The van der Waals surface area contributed by atoms with Crippen LogP contribution in [0.2, 0.25) is 0 Å². The van der Waals surface area contributed by atoms with Crippen molar-refractivity contribution in [2.24, 2.45) is 11.8 Å². The molecule has 0 spiro atoms. The van der Waals surface area contributed by atoms with E-state index < -0.39 is 0 Å². The van der Waals surface area contributed by atoms with Gasteiger partial charge >= 0.3 is 0 Å². The summed E-state index contributed by atoms with van der Waals surface area (Å²) in [5.41, 5.74) is 0. The Balaban J connectivity index is 1.72. The Bertz CT molecular complexity index is 457. The summed E-state index contributed by atoms with van der Waals surface area (Å²) in [5.74, 6) is 2.34. The van der Waals surface area contributed by atoms with Gasteiger partial charge in [0, 0.05) is 13.0 Å². The number of methoxy groups -OCH3 is 1. The Morgan fingerprint density at radius 3 is 2.48 bits per heavy atom. The minimum Gasteiger partial charge on any atom is -0.497 e. The average Bonchev–Trinajstić information content (AvgIpc) is 2.45. The van der Waals surface area contributed by atoms with Crippen molar-refractivity contribution in [3.63, 3.8) is 0 Å². The number of ether oxygens (including phenoxy) is 2. The zero-order valence-electron chi connectivity index (χ0n) is 13.0. The number of benzene rings is 1. The molecule has 0 saturated carbocycles. The zero-order chi connectivity index (χ0) is 15.2. The summed E-state index contributed by atoms with van der Waals surface area (Å²) in [5, 5.41) is 3.20. The number of carbonyl (C=O) groups excluding carboxylic acids is 1. The first-order valence-corrected chi connectivity index (χ1v) is 7.34. The summed E-state index contributed by atoms with van der Waals surface area (Å²) in [6.07, 6.45) is 0. The molecule has 1 fully saturated rings. The SMILES string of the molecule is COc1ccc(OCCN(C)C(=O)C(C)C2CNC2)cc1. The smallest absolute Gasteiger partial charge is 0.225 e. The van der Waals surface area contributed by atoms with Crippen molar-refractivity contribution < 1.29 is 14.3 Å². The summed E-state index contributed by atoms with van der Waals surface area (Å²) < 4.78 is 10.7. The Morgan fingerprint density at radius 1 is 1.33 bits per heavy atom. The zero-order valence-corrected chi connectivity index (χ0v) is 13.0. The molecule has 0 radical (unpaired) electrons. The third kappa shape index (κ3) is 4.11. The lowest BCUT2D eigenvalue weighted by atomic mass is 9.88. The van der Waals surface area contributed by atoms with Crippen LogP contribution in [-0.4, -0.2) is 51.2 Å². The van der Waals surface area contributed by atoms with Gasteiger partial charge in [0.15, 0.2) is 0 Å². The molecular formula is C16H24N2O3. The molecule has 1 unspecified atom stereocenters. The van der Waals surface area contributed by atoms with Crippen molar-refractivity contribution in [3.8, 4) is 11.5 Å². The van der Waals surface area contributed by atoms with Crippen LogP contribution >= 0.6 is 0 Å². The van der Waals surface area contributed by atoms with Gasteiger partial charge in [-0.1, -0.05) is 6.92 Å². The molecule has 1 aliphatic rings. The predicted octanol–water partition coefficient (Wildman–Crippen LogP) is 1.39. The normalized spacial score (nSPS) is 16.0. The fourth-order valence-electron chi connectivity index (χ4n) is 2.30. The van der Waals surface area contributed by atoms with Crippen LogP contribution in [0.5, 0.6) is 11.5 Å². The van der Waals surface area contributed by atoms with Gasteiger partial charge < -0.3 is 19.7 Å². The number of hydrogen-bond acceptors (Lipinski definition) is 4. The van der Waals surface area contributed by atoms with Gasteiger partial charge in [0.1, 0.15) is 18.1 Å². The van der Waals surface area contributed by atoms with Gasteiger partial charge in [0.05, 0.1) is 13.7 Å². The number of nitrogens with zero attached hydrogens (tertiary/aromatic N) is 1. The molecule has 5 heteroatoms. The van der Waals surface area contributed by atoms with Gasteiger partial charge in [-0.15, -0.1) is 0 Å². The van der Waals surface area contributed by atoms with E-state index in [-0.39, 0.29) is 11.8 Å². The maximum Gasteiger partial charge on any atom is 0.225 e. The van der Waals surface area contributed by atoms with E-state index in [1.54, 1.807) is 12.0 Å². The highest BCUT2D eigenvalue weighted by Gasteiger charge is 2.30. The van der Waals surface area contributed by atoms with Crippen LogP contribution in [0.4, 0.5) is 0 Å². The van der Waals surface area contributed by atoms with Crippen molar-refractivity contribution in [1.29, 1.82) is 0 Å². The number of carbonyl (C=O) groups is 1. The van der Waals surface area contributed by atoms with Gasteiger partial charge in [-0.25, -0.2) is 0 Å². The molecule has 0 aliphatic carbocycles. The first kappa shape index (κ1) is 15.6. The van der Waals surface area contributed by atoms with Crippen molar-refractivity contribution in [2.75, 3.05) is 40.4 Å². The topological polar surface area (TPSA) is 50.8 Å². The van der Waals surface area contributed by atoms with E-state index in [9.17, 15) is 4.79 Å². The molecule has 2 rings (SSSR count). The molecular weight excluding hydrogens is 268 g/mol. The maximum absolute atomic E-state index is 12.2. The van der Waals surface area contributed by atoms with Gasteiger partial charge in [-0.3, -0.25) is 4.79 Å². The second-order valence-electron chi connectivity index (χ2n) is 5.49. The Kier molecular flexibility index (Phi) is 5.44. The van der Waals surface area contributed by atoms with Crippen LogP contribution in [0.25, 0.3) is 0 Å². The van der Waals surface area contributed by atoms with Crippen LogP contribution in [-0.2, 0) is 4.79 Å². The molecule has 1 aromatic carbocycles. The van der Waals surface area contributed by atoms with Crippen molar-refractivity contribution >= 4 is 5.91 Å². The summed E-state index contributed by atoms with van der Waals surface area (Å²) in [6, 6.07) is 7.44. The maximum atomic E-state index is 12.2. The van der Waals surface area contributed by atoms with Crippen LogP contribution in [0, 0.1) is 11.8 Å². The Morgan fingerprint density at radius 2 is 1.95 bits per heavy atom. The average molecular weight is 292 g/mol. The fourth-order valence-corrected chi connectivity index (χ4v) is 2.30. The lowest BCUT2D eigenvalue weighted by Gasteiger charge is -2.33. The summed E-state index contributed by atoms with van der Waals surface area (Å²) in [6.45, 7) is 4.99. The van der Waals surface area contributed by atoms with E-state index in [2.05, 4.69) is 5.32 Å². The molecule has 0 aromatic heterocycles. The van der Waals surface area contributed by atoms with E-state index in [0.29, 0.717) is 19.1 Å². The second kappa shape index (κ2) is 7.31. The first-order valence-electron chi connectivity index (χ1n) is 7.34. The molecule has 1 saturated heterocycles. The number of rotatable bonds is 7. The number of amides is 1. The molecule has 1 amide bonds. The molecule has 5 nitrogen and oxygen atoms in total. The van der Waals surface area contributed by atoms with Crippen molar-refractivity contribution in [1.82, 2.24) is 10.2 Å². The minimum absolute atomic E-state index is 0.0808. The molecule has 116 valence electrons. The number of hydrogen-bond donors (Lipinski definition) is 1. The fraction of sp³-hybridized carbons (Fsp3) is 0.562. The number of nitrogens with one attached hydrogen (secondary N) is 1. The molecule has 1 aliphatic heterocycles. The van der Waals surface area contributed by atoms with E-state index in [1.807, 2.05) is 38.2 Å². The molecule has 1 aromatic rings. The van der Waals surface area contributed by atoms with Gasteiger partial charge in [0.2, 0.25) is 5.91 Å². The molecule has 1 atom stereocenters. The van der Waals surface area contributed by atoms with Crippen molar-refractivity contribution in [2.45, 2.75) is 6.92 Å². The summed E-state index contributed by atoms with van der Waals surface area (Å²) in [7, 11) is 3.47. The van der Waals surface area contributed by atoms with E-state index in [1.165, 1.54) is 0 Å². The number of likely N-dealkylation sites (N-methyl/N-ethyl adjacent to an activating group) is 1. The highest BCUT2D eigenvalue weighted by Crippen LogP contribution is 2.19. The third-order valence-electron chi connectivity index (χ3n) is 4.04. The van der Waals surface area contributed by atoms with Gasteiger partial charge in [-0.2, -0.15) is 0 Å². The van der Waals surface area contributed by atoms with Crippen LogP contribution < -0.4 is 14.8 Å². The van der Waals surface area contributed by atoms with Crippen LogP contribution in [0.1, 0.15) is 6.92 Å². The molecule has 0 bridgehead atoms. The largest absolute Gasteiger partial charge is 0.497 e. The molecule has 1 N–H and O–H groups in total. The quantitative estimate of drug-likeness (QED) is 0.825. The lowest BCUT2D eigenvalue weighted by molar-refractivity contribution is -0.136. The highest BCUT2D eigenvalue weighted by atomic mass is 16.5. The van der Waals surface area contributed by atoms with E-state index in [0.717, 1.165) is 24.6 Å². The van der Waals surface area contributed by atoms with E-state index >= 15 is 0 Å². The minimum atomic E-state index is 0.0808. The lowest BCUT2D eigenvalue weighted by Crippen LogP contribution is -2.50. The van der Waals surface area contributed by atoms with Gasteiger partial charge in [0.25, 0.3) is 0 Å². The monoisotopic (exact) mass is 292 g/mol. The standard InChI is InChI=1S/C16H24N2O3/c1-12(13-10-17-11-13)16(19)18(2)8-9-21-15-6-4-14(20-3)5-7-15/h4-7,12-13,17H,8-11H2,1-3H3.